The number of hydrogen-bond donors (Lipinski definition) is 4. The van der Waals surface area contributed by atoms with Crippen molar-refractivity contribution in [2.75, 3.05) is 13.1 Å². The van der Waals surface area contributed by atoms with Gasteiger partial charge < -0.3 is 15.1 Å². The van der Waals surface area contributed by atoms with Crippen LogP contribution >= 0.6 is 0 Å². The van der Waals surface area contributed by atoms with Crippen LogP contribution in [0.4, 0.5) is 26.3 Å². The first-order chi connectivity index (χ1) is 12.5. The van der Waals surface area contributed by atoms with E-state index in [4.69, 9.17) is 25.0 Å². The molecule has 0 aromatic rings. The summed E-state index contributed by atoms with van der Waals surface area (Å²) in [6.07, 6.45) is -7.58. The second-order valence-corrected chi connectivity index (χ2v) is 5.92. The third-order valence-electron chi connectivity index (χ3n) is 3.46. The molecule has 0 aromatic heterocycles. The van der Waals surface area contributed by atoms with Crippen LogP contribution in [-0.4, -0.2) is 69.6 Å². The highest BCUT2D eigenvalue weighted by Gasteiger charge is 2.38. The summed E-state index contributed by atoms with van der Waals surface area (Å²) in [7, 11) is 0. The Balaban J connectivity index is 0. The van der Waals surface area contributed by atoms with Crippen molar-refractivity contribution >= 4 is 17.8 Å². The number of hydroxylamine groups is 1. The number of carboxylic acid groups (broad SMARTS) is 2. The third kappa shape index (κ3) is 14.0. The fourth-order valence-corrected chi connectivity index (χ4v) is 1.98. The van der Waals surface area contributed by atoms with Gasteiger partial charge in [-0.3, -0.25) is 10.0 Å². The Labute approximate surface area is 156 Å². The van der Waals surface area contributed by atoms with Crippen molar-refractivity contribution in [3.63, 3.8) is 0 Å². The maximum absolute atomic E-state index is 10.9. The lowest BCUT2D eigenvalue weighted by atomic mass is 9.93. The number of hydrogen-bond acceptors (Lipinski definition) is 5. The van der Waals surface area contributed by atoms with E-state index in [1.807, 2.05) is 0 Å². The molecule has 1 heterocycles. The molecular weight excluding hydrogens is 406 g/mol. The summed E-state index contributed by atoms with van der Waals surface area (Å²) in [4.78, 5) is 31.1. The molecule has 1 aliphatic rings. The van der Waals surface area contributed by atoms with E-state index in [0.29, 0.717) is 18.4 Å². The van der Waals surface area contributed by atoms with Gasteiger partial charge in [-0.05, 0) is 45.7 Å². The maximum Gasteiger partial charge on any atom is 0.490 e. The molecule has 0 radical (unpaired) electrons. The van der Waals surface area contributed by atoms with Crippen LogP contribution in [-0.2, 0) is 14.4 Å². The summed E-state index contributed by atoms with van der Waals surface area (Å²) < 4.78 is 63.5. The van der Waals surface area contributed by atoms with E-state index in [0.717, 1.165) is 25.9 Å². The van der Waals surface area contributed by atoms with Crippen molar-refractivity contribution in [3.8, 4) is 0 Å². The first-order valence-corrected chi connectivity index (χ1v) is 7.79. The van der Waals surface area contributed by atoms with Gasteiger partial charge in [-0.15, -0.1) is 0 Å². The Bertz CT molecular complexity index is 478. The Morgan fingerprint density at radius 3 is 1.50 bits per heavy atom. The number of nitrogens with one attached hydrogen (secondary N) is 1. The fourth-order valence-electron chi connectivity index (χ4n) is 1.98. The van der Waals surface area contributed by atoms with E-state index in [1.54, 1.807) is 5.48 Å². The summed E-state index contributed by atoms with van der Waals surface area (Å²) >= 11 is 0. The van der Waals surface area contributed by atoms with Crippen molar-refractivity contribution in [1.82, 2.24) is 10.4 Å². The molecule has 14 heteroatoms. The van der Waals surface area contributed by atoms with Crippen LogP contribution in [0.25, 0.3) is 0 Å². The van der Waals surface area contributed by atoms with Gasteiger partial charge in [0.25, 0.3) is 0 Å². The molecule has 166 valence electrons. The molecule has 4 N–H and O–H groups in total. The molecule has 0 spiro atoms. The number of alkyl halides is 6. The molecule has 0 saturated carbocycles. The minimum atomic E-state index is -5.08. The molecule has 1 rings (SSSR count). The van der Waals surface area contributed by atoms with Crippen LogP contribution in [0.15, 0.2) is 0 Å². The van der Waals surface area contributed by atoms with Crippen molar-refractivity contribution in [2.24, 2.45) is 5.92 Å². The average Bonchev–Trinajstić information content (AvgIpc) is 2.54. The lowest BCUT2D eigenvalue weighted by Gasteiger charge is -2.34. The second-order valence-electron chi connectivity index (χ2n) is 5.92. The van der Waals surface area contributed by atoms with Crippen LogP contribution in [0.5, 0.6) is 0 Å². The lowest BCUT2D eigenvalue weighted by molar-refractivity contribution is -0.193. The zero-order valence-electron chi connectivity index (χ0n) is 15.0. The smallest absolute Gasteiger partial charge is 0.475 e. The number of piperidine rings is 1. The standard InChI is InChI=1S/C10H20N2O2.2C2HF3O2/c1-8(2)12-5-3-9(4-6-12)7-10(13)11-14;2*3-2(4,5)1(6)7/h8-9,14H,3-7H2,1-2H3,(H,11,13);2*(H,6,7). The molecule has 8 nitrogen and oxygen atoms in total. The topological polar surface area (TPSA) is 127 Å². The Kier molecular flexibility index (Phi) is 12.4. The van der Waals surface area contributed by atoms with Gasteiger partial charge >= 0.3 is 24.3 Å². The lowest BCUT2D eigenvalue weighted by Crippen LogP contribution is -2.39. The van der Waals surface area contributed by atoms with Gasteiger partial charge in [0.15, 0.2) is 0 Å². The zero-order valence-corrected chi connectivity index (χ0v) is 15.0. The predicted octanol–water partition coefficient (Wildman–Crippen LogP) is 2.27. The molecule has 0 unspecified atom stereocenters. The molecular formula is C14H22F6N2O6. The average molecular weight is 428 g/mol. The predicted molar refractivity (Wildman–Crippen MR) is 81.4 cm³/mol. The van der Waals surface area contributed by atoms with Gasteiger partial charge in [0.2, 0.25) is 5.91 Å². The number of carboxylic acids is 2. The van der Waals surface area contributed by atoms with Crippen LogP contribution in [0.3, 0.4) is 0 Å². The summed E-state index contributed by atoms with van der Waals surface area (Å²) in [5.74, 6) is -5.33. The fraction of sp³-hybridized carbons (Fsp3) is 0.786. The van der Waals surface area contributed by atoms with E-state index in [-0.39, 0.29) is 5.91 Å². The monoisotopic (exact) mass is 428 g/mol. The van der Waals surface area contributed by atoms with Crippen molar-refractivity contribution in [3.05, 3.63) is 0 Å². The largest absolute Gasteiger partial charge is 0.490 e. The maximum atomic E-state index is 10.9. The van der Waals surface area contributed by atoms with Crippen molar-refractivity contribution < 1.29 is 56.1 Å². The van der Waals surface area contributed by atoms with Gasteiger partial charge in [-0.1, -0.05) is 0 Å². The van der Waals surface area contributed by atoms with Crippen LogP contribution in [0.1, 0.15) is 33.1 Å². The van der Waals surface area contributed by atoms with Crippen LogP contribution in [0, 0.1) is 5.92 Å². The molecule has 0 aliphatic carbocycles. The quantitative estimate of drug-likeness (QED) is 0.309. The SMILES string of the molecule is CC(C)N1CCC(CC(=O)NO)CC1.O=C(O)C(F)(F)F.O=C(O)C(F)(F)F. The van der Waals surface area contributed by atoms with Crippen molar-refractivity contribution in [1.29, 1.82) is 0 Å². The number of aliphatic carboxylic acids is 2. The number of halogens is 6. The van der Waals surface area contributed by atoms with E-state index >= 15 is 0 Å². The number of nitrogens with zero attached hydrogens (tertiary/aromatic N) is 1. The summed E-state index contributed by atoms with van der Waals surface area (Å²) in [6, 6.07) is 0.600. The summed E-state index contributed by atoms with van der Waals surface area (Å²) in [5.41, 5.74) is 1.69. The van der Waals surface area contributed by atoms with Crippen LogP contribution < -0.4 is 5.48 Å². The number of likely N-dealkylation sites (tertiary alicyclic amines) is 1. The Hall–Kier alpha value is -2.09. The molecule has 1 amide bonds. The number of carbonyl (C=O) groups excluding carboxylic acids is 1. The normalized spacial score (nSPS) is 15.6. The van der Waals surface area contributed by atoms with E-state index in [2.05, 4.69) is 18.7 Å². The van der Waals surface area contributed by atoms with Gasteiger partial charge in [-0.25, -0.2) is 15.1 Å². The number of carbonyl (C=O) groups is 3. The molecule has 1 fully saturated rings. The van der Waals surface area contributed by atoms with Gasteiger partial charge in [0, 0.05) is 12.5 Å². The van der Waals surface area contributed by atoms with Crippen molar-refractivity contribution in [2.45, 2.75) is 51.5 Å². The minimum Gasteiger partial charge on any atom is -0.475 e. The number of amides is 1. The number of rotatable bonds is 3. The van der Waals surface area contributed by atoms with Crippen LogP contribution in [0.2, 0.25) is 0 Å². The molecule has 1 saturated heterocycles. The summed E-state index contributed by atoms with van der Waals surface area (Å²) in [6.45, 7) is 6.53. The van der Waals surface area contributed by atoms with E-state index in [9.17, 15) is 31.1 Å². The Morgan fingerprint density at radius 2 is 1.29 bits per heavy atom. The zero-order chi connectivity index (χ0) is 22.7. The van der Waals surface area contributed by atoms with E-state index in [1.165, 1.54) is 0 Å². The summed E-state index contributed by atoms with van der Waals surface area (Å²) in [5, 5.41) is 22.6. The highest BCUT2D eigenvalue weighted by atomic mass is 19.4. The first kappa shape index (κ1) is 28.1. The van der Waals surface area contributed by atoms with Gasteiger partial charge in [-0.2, -0.15) is 26.3 Å². The minimum absolute atomic E-state index is 0.256. The van der Waals surface area contributed by atoms with Gasteiger partial charge in [0.05, 0.1) is 0 Å². The highest BCUT2D eigenvalue weighted by molar-refractivity contribution is 5.74. The molecule has 1 aliphatic heterocycles. The molecule has 0 bridgehead atoms. The molecule has 0 atom stereocenters. The first-order valence-electron chi connectivity index (χ1n) is 7.79. The molecule has 28 heavy (non-hydrogen) atoms. The third-order valence-corrected chi connectivity index (χ3v) is 3.46. The van der Waals surface area contributed by atoms with Gasteiger partial charge in [0.1, 0.15) is 0 Å². The second kappa shape index (κ2) is 12.4. The Morgan fingerprint density at radius 1 is 0.964 bits per heavy atom. The molecule has 0 aromatic carbocycles. The van der Waals surface area contributed by atoms with E-state index < -0.39 is 24.3 Å². The highest BCUT2D eigenvalue weighted by Crippen LogP contribution is 2.21.